The predicted octanol–water partition coefficient (Wildman–Crippen LogP) is 4.51. The van der Waals surface area contributed by atoms with Crippen LogP contribution in [-0.4, -0.2) is 25.4 Å². The SMILES string of the molecule is C1CC2CCCC(C1)C2.CCC[C@H]1CC(n2c(=O)c(P(O)O)nc3ccccc32)C=CN1. The zero-order chi connectivity index (χ0) is 22.5. The van der Waals surface area contributed by atoms with Gasteiger partial charge in [0.15, 0.2) is 5.44 Å². The number of hydrogen-bond donors (Lipinski definition) is 3. The highest BCUT2D eigenvalue weighted by molar-refractivity contribution is 7.53. The summed E-state index contributed by atoms with van der Waals surface area (Å²) in [6.45, 7) is 2.13. The minimum Gasteiger partial charge on any atom is -0.388 e. The summed E-state index contributed by atoms with van der Waals surface area (Å²) in [5.74, 6) is 2.30. The molecule has 2 aliphatic carbocycles. The Morgan fingerprint density at radius 2 is 1.78 bits per heavy atom. The number of rotatable bonds is 4. The van der Waals surface area contributed by atoms with Crippen molar-refractivity contribution < 1.29 is 9.79 Å². The van der Waals surface area contributed by atoms with Gasteiger partial charge in [-0.05, 0) is 55.5 Å². The second-order valence-corrected chi connectivity index (χ2v) is 10.5. The Balaban J connectivity index is 0.000000225. The summed E-state index contributed by atoms with van der Waals surface area (Å²) in [7, 11) is -2.53. The summed E-state index contributed by atoms with van der Waals surface area (Å²) in [6, 6.07) is 7.48. The normalized spacial score (nSPS) is 27.0. The van der Waals surface area contributed by atoms with E-state index in [1.54, 1.807) is 42.7 Å². The van der Waals surface area contributed by atoms with Crippen LogP contribution in [0.4, 0.5) is 0 Å². The molecule has 2 saturated carbocycles. The highest BCUT2D eigenvalue weighted by Gasteiger charge is 2.26. The first-order chi connectivity index (χ1) is 15.6. The second-order valence-electron chi connectivity index (χ2n) is 9.53. The fourth-order valence-electron chi connectivity index (χ4n) is 5.70. The molecule has 174 valence electrons. The van der Waals surface area contributed by atoms with E-state index in [1.807, 2.05) is 30.5 Å². The second kappa shape index (κ2) is 10.9. The third-order valence-corrected chi connectivity index (χ3v) is 7.90. The van der Waals surface area contributed by atoms with Gasteiger partial charge in [-0.1, -0.05) is 64.0 Å². The Hall–Kier alpha value is -1.75. The molecule has 2 aromatic rings. The van der Waals surface area contributed by atoms with Crippen LogP contribution < -0.4 is 16.3 Å². The fourth-order valence-corrected chi connectivity index (χ4v) is 6.18. The number of fused-ring (bicyclic) bond motifs is 3. The number of para-hydroxylation sites is 2. The number of nitrogens with one attached hydrogen (secondary N) is 1. The molecule has 1 aromatic heterocycles. The van der Waals surface area contributed by atoms with Gasteiger partial charge in [-0.2, -0.15) is 0 Å². The summed E-state index contributed by atoms with van der Waals surface area (Å²) < 4.78 is 1.64. The average molecular weight is 458 g/mol. The third kappa shape index (κ3) is 5.41. The first-order valence-electron chi connectivity index (χ1n) is 12.2. The van der Waals surface area contributed by atoms with Crippen molar-refractivity contribution in [1.29, 1.82) is 0 Å². The zero-order valence-corrected chi connectivity index (χ0v) is 19.9. The van der Waals surface area contributed by atoms with Crippen molar-refractivity contribution in [2.75, 3.05) is 0 Å². The summed E-state index contributed by atoms with van der Waals surface area (Å²) >= 11 is 0. The van der Waals surface area contributed by atoms with Crippen LogP contribution in [-0.2, 0) is 0 Å². The van der Waals surface area contributed by atoms with Gasteiger partial charge in [0.05, 0.1) is 17.1 Å². The van der Waals surface area contributed by atoms with Gasteiger partial charge in [0, 0.05) is 6.04 Å². The molecule has 2 heterocycles. The van der Waals surface area contributed by atoms with Gasteiger partial charge in [-0.3, -0.25) is 9.36 Å². The van der Waals surface area contributed by atoms with Crippen LogP contribution in [0.3, 0.4) is 0 Å². The molecule has 0 amide bonds. The molecule has 32 heavy (non-hydrogen) atoms. The molecule has 6 nitrogen and oxygen atoms in total. The van der Waals surface area contributed by atoms with Crippen molar-refractivity contribution >= 4 is 24.8 Å². The maximum Gasteiger partial charge on any atom is 0.282 e. The quantitative estimate of drug-likeness (QED) is 0.588. The fraction of sp³-hybridized carbons (Fsp3) is 0.600. The van der Waals surface area contributed by atoms with Crippen LogP contribution in [0.2, 0.25) is 0 Å². The number of benzene rings is 1. The van der Waals surface area contributed by atoms with Gasteiger partial charge >= 0.3 is 0 Å². The molecule has 2 atom stereocenters. The molecule has 3 aliphatic rings. The van der Waals surface area contributed by atoms with Crippen LogP contribution in [0.25, 0.3) is 11.0 Å². The number of allylic oxidation sites excluding steroid dienone is 1. The van der Waals surface area contributed by atoms with Crippen molar-refractivity contribution in [1.82, 2.24) is 14.9 Å². The molecule has 2 bridgehead atoms. The monoisotopic (exact) mass is 457 g/mol. The summed E-state index contributed by atoms with van der Waals surface area (Å²) in [5, 5.41) is 3.32. The average Bonchev–Trinajstić information content (AvgIpc) is 2.79. The van der Waals surface area contributed by atoms with E-state index in [0.717, 1.165) is 31.1 Å². The third-order valence-electron chi connectivity index (χ3n) is 7.23. The molecule has 5 rings (SSSR count). The van der Waals surface area contributed by atoms with E-state index in [9.17, 15) is 14.6 Å². The molecule has 1 aromatic carbocycles. The van der Waals surface area contributed by atoms with Crippen LogP contribution >= 0.6 is 8.38 Å². The summed E-state index contributed by atoms with van der Waals surface area (Å²) in [5.41, 5.74) is 0.714. The summed E-state index contributed by atoms with van der Waals surface area (Å²) in [6.07, 6.45) is 17.6. The number of aromatic nitrogens is 2. The van der Waals surface area contributed by atoms with Crippen molar-refractivity contribution in [3.05, 3.63) is 46.9 Å². The topological polar surface area (TPSA) is 87.4 Å². The lowest BCUT2D eigenvalue weighted by atomic mass is 9.72. The van der Waals surface area contributed by atoms with Gasteiger partial charge in [0.25, 0.3) is 5.56 Å². The first kappa shape index (κ1) is 23.4. The van der Waals surface area contributed by atoms with E-state index in [2.05, 4.69) is 17.2 Å². The Labute approximate surface area is 191 Å². The molecule has 0 saturated heterocycles. The van der Waals surface area contributed by atoms with E-state index in [-0.39, 0.29) is 11.5 Å². The molecule has 7 heteroatoms. The molecule has 0 radical (unpaired) electrons. The van der Waals surface area contributed by atoms with Crippen LogP contribution in [0, 0.1) is 11.8 Å². The maximum absolute atomic E-state index is 12.7. The Morgan fingerprint density at radius 1 is 1.09 bits per heavy atom. The highest BCUT2D eigenvalue weighted by Crippen LogP contribution is 2.39. The Kier molecular flexibility index (Phi) is 7.98. The van der Waals surface area contributed by atoms with Crippen molar-refractivity contribution in [3.63, 3.8) is 0 Å². The Bertz CT molecular complexity index is 970. The van der Waals surface area contributed by atoms with E-state index in [0.29, 0.717) is 17.1 Å². The van der Waals surface area contributed by atoms with Crippen LogP contribution in [0.15, 0.2) is 41.3 Å². The smallest absolute Gasteiger partial charge is 0.282 e. The zero-order valence-electron chi connectivity index (χ0n) is 19.0. The lowest BCUT2D eigenvalue weighted by Gasteiger charge is -2.33. The molecule has 3 N–H and O–H groups in total. The summed E-state index contributed by atoms with van der Waals surface area (Å²) in [4.78, 5) is 35.9. The van der Waals surface area contributed by atoms with E-state index < -0.39 is 13.9 Å². The van der Waals surface area contributed by atoms with Crippen LogP contribution in [0.5, 0.6) is 0 Å². The first-order valence-corrected chi connectivity index (χ1v) is 13.4. The minimum atomic E-state index is -2.53. The van der Waals surface area contributed by atoms with E-state index in [1.165, 1.54) is 12.8 Å². The number of hydrogen-bond acceptors (Lipinski definition) is 5. The van der Waals surface area contributed by atoms with Crippen molar-refractivity contribution in [2.24, 2.45) is 11.8 Å². The van der Waals surface area contributed by atoms with Gasteiger partial charge in [0.1, 0.15) is 0 Å². The molecular weight excluding hydrogens is 421 g/mol. The van der Waals surface area contributed by atoms with Crippen LogP contribution in [0.1, 0.15) is 77.2 Å². The molecule has 2 fully saturated rings. The standard InChI is InChI=1S/C16H20N3O3P.C9H16/c1-2-5-11-10-12(8-9-17-11)19-14-7-4-3-6-13(14)18-15(16(19)20)23(21)22;1-3-8-5-2-6-9(4-1)7-8/h3-4,6-9,11-12,17,21-22H,2,5,10H2,1H3;8-9H,1-7H2/t11-,12?;/m0./s1. The van der Waals surface area contributed by atoms with E-state index in [4.69, 9.17) is 0 Å². The largest absolute Gasteiger partial charge is 0.388 e. The van der Waals surface area contributed by atoms with Crippen molar-refractivity contribution in [3.8, 4) is 0 Å². The van der Waals surface area contributed by atoms with Gasteiger partial charge < -0.3 is 15.1 Å². The lowest BCUT2D eigenvalue weighted by Crippen LogP contribution is -2.40. The predicted molar refractivity (Wildman–Crippen MR) is 131 cm³/mol. The Morgan fingerprint density at radius 3 is 2.41 bits per heavy atom. The molecular formula is C25H36N3O3P. The van der Waals surface area contributed by atoms with Gasteiger partial charge in [-0.15, -0.1) is 0 Å². The maximum atomic E-state index is 12.7. The van der Waals surface area contributed by atoms with E-state index >= 15 is 0 Å². The van der Waals surface area contributed by atoms with Gasteiger partial charge in [-0.25, -0.2) is 4.98 Å². The molecule has 1 unspecified atom stereocenters. The molecule has 1 aliphatic heterocycles. The lowest BCUT2D eigenvalue weighted by molar-refractivity contribution is 0.190. The van der Waals surface area contributed by atoms with Gasteiger partial charge in [0.2, 0.25) is 8.38 Å². The number of nitrogens with zero attached hydrogens (tertiary/aromatic N) is 2. The highest BCUT2D eigenvalue weighted by atomic mass is 31.2. The molecule has 0 spiro atoms. The minimum absolute atomic E-state index is 0.123. The van der Waals surface area contributed by atoms with Crippen molar-refractivity contribution in [2.45, 2.75) is 83.2 Å².